The second-order valence-electron chi connectivity index (χ2n) is 5.85. The number of carbonyl (C=O) groups is 1. The molecule has 0 bridgehead atoms. The van der Waals surface area contributed by atoms with Gasteiger partial charge in [0.25, 0.3) is 0 Å². The first kappa shape index (κ1) is 13.3. The molecule has 0 aromatic rings. The van der Waals surface area contributed by atoms with Crippen LogP contribution in [0, 0.1) is 17.8 Å². The number of hydrogen-bond acceptors (Lipinski definition) is 2. The van der Waals surface area contributed by atoms with Crippen molar-refractivity contribution in [2.75, 3.05) is 0 Å². The van der Waals surface area contributed by atoms with E-state index in [1.807, 2.05) is 6.08 Å². The quantitative estimate of drug-likeness (QED) is 0.585. The Hall–Kier alpha value is -1.09. The fraction of sp³-hybridized carbons (Fsp3) is 0.667. The van der Waals surface area contributed by atoms with Gasteiger partial charge in [-0.2, -0.15) is 0 Å². The molecule has 0 aromatic heterocycles. The van der Waals surface area contributed by atoms with Crippen LogP contribution in [-0.2, 0) is 4.79 Å². The second-order valence-corrected chi connectivity index (χ2v) is 5.85. The van der Waals surface area contributed by atoms with E-state index in [1.54, 1.807) is 6.92 Å². The number of aliphatic hydroxyl groups excluding tert-OH is 1. The first-order valence-electron chi connectivity index (χ1n) is 6.71. The summed E-state index contributed by atoms with van der Waals surface area (Å²) >= 11 is 0. The van der Waals surface area contributed by atoms with Crippen LogP contribution in [0.25, 0.3) is 0 Å². The summed E-state index contributed by atoms with van der Waals surface area (Å²) in [5.41, 5.74) is 2.98. The summed E-state index contributed by atoms with van der Waals surface area (Å²) in [6.45, 7) is 5.92. The van der Waals surface area contributed by atoms with Crippen LogP contribution in [0.3, 0.4) is 0 Å². The highest BCUT2D eigenvalue weighted by atomic mass is 16.4. The Morgan fingerprint density at radius 2 is 2.06 bits per heavy atom. The fourth-order valence-corrected chi connectivity index (χ4v) is 3.62. The minimum atomic E-state index is -0.845. The molecular weight excluding hydrogens is 228 g/mol. The summed E-state index contributed by atoms with van der Waals surface area (Å²) in [5.74, 6) is 0.102. The van der Waals surface area contributed by atoms with Crippen molar-refractivity contribution in [1.82, 2.24) is 0 Å². The van der Waals surface area contributed by atoms with Gasteiger partial charge in [-0.05, 0) is 44.9 Å². The lowest BCUT2D eigenvalue weighted by Gasteiger charge is -2.35. The topological polar surface area (TPSA) is 57.5 Å². The highest BCUT2D eigenvalue weighted by Gasteiger charge is 2.41. The van der Waals surface area contributed by atoms with Crippen molar-refractivity contribution < 1.29 is 15.0 Å². The molecule has 0 aliphatic heterocycles. The lowest BCUT2D eigenvalue weighted by atomic mass is 9.70. The van der Waals surface area contributed by atoms with Gasteiger partial charge in [-0.25, -0.2) is 4.79 Å². The largest absolute Gasteiger partial charge is 0.478 e. The first-order valence-corrected chi connectivity index (χ1v) is 6.71. The van der Waals surface area contributed by atoms with Crippen molar-refractivity contribution >= 4 is 5.97 Å². The summed E-state index contributed by atoms with van der Waals surface area (Å²) in [6, 6.07) is 0. The van der Waals surface area contributed by atoms with Crippen LogP contribution in [0.1, 0.15) is 40.0 Å². The van der Waals surface area contributed by atoms with E-state index < -0.39 is 5.97 Å². The van der Waals surface area contributed by atoms with Gasteiger partial charge in [-0.1, -0.05) is 24.1 Å². The highest BCUT2D eigenvalue weighted by molar-refractivity contribution is 5.85. The molecule has 0 radical (unpaired) electrons. The van der Waals surface area contributed by atoms with Crippen LogP contribution >= 0.6 is 0 Å². The molecule has 2 aliphatic carbocycles. The van der Waals surface area contributed by atoms with Crippen LogP contribution in [-0.4, -0.2) is 22.3 Å². The van der Waals surface area contributed by atoms with Crippen LogP contribution in [0.4, 0.5) is 0 Å². The smallest absolute Gasteiger partial charge is 0.330 e. The van der Waals surface area contributed by atoms with Gasteiger partial charge in [0.05, 0.1) is 6.10 Å². The Bertz CT molecular complexity index is 419. The molecule has 2 N–H and O–H groups in total. The van der Waals surface area contributed by atoms with E-state index in [1.165, 1.54) is 11.1 Å². The van der Waals surface area contributed by atoms with Crippen molar-refractivity contribution in [3.63, 3.8) is 0 Å². The van der Waals surface area contributed by atoms with Gasteiger partial charge in [0, 0.05) is 11.5 Å². The SMILES string of the molecule is CC(=C[C@@H]1CC[C@@H](C)[C@@H]2C1=C(C)C[C@H]2O)C(=O)O. The predicted molar refractivity (Wildman–Crippen MR) is 70.1 cm³/mol. The molecule has 3 heteroatoms. The van der Waals surface area contributed by atoms with E-state index in [4.69, 9.17) is 5.11 Å². The van der Waals surface area contributed by atoms with Gasteiger partial charge in [-0.15, -0.1) is 0 Å². The van der Waals surface area contributed by atoms with Gasteiger partial charge < -0.3 is 10.2 Å². The van der Waals surface area contributed by atoms with E-state index in [2.05, 4.69) is 13.8 Å². The number of carboxylic acids is 1. The standard InChI is InChI=1S/C15H22O3/c1-8-4-5-11(6-10(3)15(17)18)13-9(2)7-12(16)14(8)13/h6,8,11-12,14,16H,4-5,7H2,1-3H3,(H,17,18)/t8-,11+,12-,14+/m1/s1. The Kier molecular flexibility index (Phi) is 3.62. The molecule has 0 saturated heterocycles. The maximum Gasteiger partial charge on any atom is 0.330 e. The Balaban J connectivity index is 2.31. The Morgan fingerprint density at radius 3 is 2.67 bits per heavy atom. The van der Waals surface area contributed by atoms with Crippen molar-refractivity contribution in [3.05, 3.63) is 22.8 Å². The molecule has 0 aromatic carbocycles. The van der Waals surface area contributed by atoms with Gasteiger partial charge in [-0.3, -0.25) is 0 Å². The summed E-state index contributed by atoms with van der Waals surface area (Å²) in [6.07, 6.45) is 4.42. The molecular formula is C15H22O3. The normalized spacial score (nSPS) is 36.8. The van der Waals surface area contributed by atoms with E-state index >= 15 is 0 Å². The molecule has 0 heterocycles. The average Bonchev–Trinajstić information content (AvgIpc) is 2.59. The maximum atomic E-state index is 10.9. The zero-order valence-corrected chi connectivity index (χ0v) is 11.3. The van der Waals surface area contributed by atoms with Crippen LogP contribution in [0.2, 0.25) is 0 Å². The lowest BCUT2D eigenvalue weighted by molar-refractivity contribution is -0.132. The number of carboxylic acid groups (broad SMARTS) is 1. The predicted octanol–water partition coefficient (Wildman–Crippen LogP) is 2.76. The number of aliphatic hydroxyl groups is 1. The zero-order valence-electron chi connectivity index (χ0n) is 11.3. The fourth-order valence-electron chi connectivity index (χ4n) is 3.62. The number of fused-ring (bicyclic) bond motifs is 1. The molecule has 1 saturated carbocycles. The average molecular weight is 250 g/mol. The van der Waals surface area contributed by atoms with Crippen LogP contribution in [0.5, 0.6) is 0 Å². The summed E-state index contributed by atoms with van der Waals surface area (Å²) in [4.78, 5) is 10.9. The van der Waals surface area contributed by atoms with Gasteiger partial charge in [0.2, 0.25) is 0 Å². The van der Waals surface area contributed by atoms with Crippen LogP contribution in [0.15, 0.2) is 22.8 Å². The third-order valence-corrected chi connectivity index (χ3v) is 4.52. The first-order chi connectivity index (χ1) is 8.41. The molecule has 2 aliphatic rings. The molecule has 2 rings (SSSR count). The Morgan fingerprint density at radius 1 is 1.39 bits per heavy atom. The molecule has 18 heavy (non-hydrogen) atoms. The highest BCUT2D eigenvalue weighted by Crippen LogP contribution is 2.48. The molecule has 0 amide bonds. The number of allylic oxidation sites excluding steroid dienone is 1. The van der Waals surface area contributed by atoms with E-state index in [9.17, 15) is 9.90 Å². The summed E-state index contributed by atoms with van der Waals surface area (Å²) in [7, 11) is 0. The van der Waals surface area contributed by atoms with Gasteiger partial charge >= 0.3 is 5.97 Å². The maximum absolute atomic E-state index is 10.9. The summed E-state index contributed by atoms with van der Waals surface area (Å²) in [5, 5.41) is 19.1. The zero-order chi connectivity index (χ0) is 13.4. The van der Waals surface area contributed by atoms with Gasteiger partial charge in [0.1, 0.15) is 0 Å². The van der Waals surface area contributed by atoms with E-state index in [0.717, 1.165) is 19.3 Å². The van der Waals surface area contributed by atoms with E-state index in [0.29, 0.717) is 11.5 Å². The third-order valence-electron chi connectivity index (χ3n) is 4.52. The Labute approximate surface area is 108 Å². The van der Waals surface area contributed by atoms with Crippen molar-refractivity contribution in [2.24, 2.45) is 17.8 Å². The second kappa shape index (κ2) is 4.88. The molecule has 1 fully saturated rings. The van der Waals surface area contributed by atoms with Crippen molar-refractivity contribution in [1.29, 1.82) is 0 Å². The molecule has 0 spiro atoms. The van der Waals surface area contributed by atoms with Crippen molar-refractivity contribution in [2.45, 2.75) is 46.1 Å². The lowest BCUT2D eigenvalue weighted by Crippen LogP contribution is -2.30. The van der Waals surface area contributed by atoms with Gasteiger partial charge in [0.15, 0.2) is 0 Å². The third kappa shape index (κ3) is 2.24. The molecule has 3 nitrogen and oxygen atoms in total. The van der Waals surface area contributed by atoms with E-state index in [-0.39, 0.29) is 17.9 Å². The molecule has 4 atom stereocenters. The molecule has 100 valence electrons. The summed E-state index contributed by atoms with van der Waals surface area (Å²) < 4.78 is 0. The number of aliphatic carboxylic acids is 1. The minimum Gasteiger partial charge on any atom is -0.478 e. The minimum absolute atomic E-state index is 0.208. The monoisotopic (exact) mass is 250 g/mol. The van der Waals surface area contributed by atoms with Crippen LogP contribution < -0.4 is 0 Å². The molecule has 0 unspecified atom stereocenters. The van der Waals surface area contributed by atoms with Crippen molar-refractivity contribution in [3.8, 4) is 0 Å². The number of hydrogen-bond donors (Lipinski definition) is 2. The number of rotatable bonds is 2.